The lowest BCUT2D eigenvalue weighted by molar-refractivity contribution is 0.146. The molecule has 0 spiro atoms. The maximum atomic E-state index is 10.8. The number of carbonyl (C=O) groups is 1. The Morgan fingerprint density at radius 3 is 2.73 bits per heavy atom. The highest BCUT2D eigenvalue weighted by Gasteiger charge is 1.99. The van der Waals surface area contributed by atoms with Gasteiger partial charge in [-0.3, -0.25) is 0 Å². The van der Waals surface area contributed by atoms with Crippen LogP contribution in [0.3, 0.4) is 0 Å². The normalized spacial score (nSPS) is 9.67. The number of ether oxygens (including phenoxy) is 1. The zero-order valence-electron chi connectivity index (χ0n) is 8.41. The Bertz CT molecular complexity index is 290. The van der Waals surface area contributed by atoms with Gasteiger partial charge in [-0.1, -0.05) is 30.3 Å². The molecule has 0 saturated carbocycles. The van der Waals surface area contributed by atoms with E-state index < -0.39 is 6.09 Å². The van der Waals surface area contributed by atoms with E-state index in [1.807, 2.05) is 18.2 Å². The first kappa shape index (κ1) is 11.9. The third-order valence-electron chi connectivity index (χ3n) is 1.90. The molecule has 1 aromatic rings. The molecule has 0 radical (unpaired) electrons. The molecule has 3 nitrogen and oxygen atoms in total. The molecule has 1 rings (SSSR count). The highest BCUT2D eigenvalue weighted by Crippen LogP contribution is 2.02. The van der Waals surface area contributed by atoms with Gasteiger partial charge < -0.3 is 10.1 Å². The summed E-state index contributed by atoms with van der Waals surface area (Å²) in [7, 11) is 0. The molecule has 15 heavy (non-hydrogen) atoms. The molecule has 1 aromatic carbocycles. The van der Waals surface area contributed by atoms with Gasteiger partial charge in [0.2, 0.25) is 0 Å². The Balaban J connectivity index is 2.10. The molecule has 0 atom stereocenters. The second-order valence-electron chi connectivity index (χ2n) is 3.04. The summed E-state index contributed by atoms with van der Waals surface area (Å²) >= 11 is 5.29. The number of benzene rings is 1. The first-order valence-corrected chi connectivity index (χ1v) is 5.37. The smallest absolute Gasteiger partial charge is 0.408 e. The molecule has 82 valence electrons. The van der Waals surface area contributed by atoms with E-state index in [4.69, 9.17) is 16.3 Å². The Hall–Kier alpha value is -1.22. The largest absolute Gasteiger partial charge is 0.450 e. The summed E-state index contributed by atoms with van der Waals surface area (Å²) in [6.45, 7) is 0.414. The Labute approximate surface area is 94.4 Å². The fourth-order valence-electron chi connectivity index (χ4n) is 1.19. The molecular formula is C11H14ClNO2. The van der Waals surface area contributed by atoms with E-state index in [-0.39, 0.29) is 6.00 Å². The molecular weight excluding hydrogens is 214 g/mol. The highest BCUT2D eigenvalue weighted by atomic mass is 35.5. The summed E-state index contributed by atoms with van der Waals surface area (Å²) in [6, 6.07) is 10.2. The molecule has 0 aliphatic rings. The SMILES string of the molecule is O=C(NCCl)OCCCc1ccccc1. The average molecular weight is 228 g/mol. The number of rotatable bonds is 5. The van der Waals surface area contributed by atoms with Crippen LogP contribution in [0.25, 0.3) is 0 Å². The number of nitrogens with one attached hydrogen (secondary N) is 1. The van der Waals surface area contributed by atoms with E-state index in [2.05, 4.69) is 17.4 Å². The van der Waals surface area contributed by atoms with Gasteiger partial charge in [0.15, 0.2) is 0 Å². The molecule has 1 N–H and O–H groups in total. The van der Waals surface area contributed by atoms with Crippen molar-refractivity contribution in [3.63, 3.8) is 0 Å². The number of amides is 1. The van der Waals surface area contributed by atoms with Crippen LogP contribution in [0.1, 0.15) is 12.0 Å². The van der Waals surface area contributed by atoms with Gasteiger partial charge in [0.1, 0.15) is 0 Å². The molecule has 0 unspecified atom stereocenters. The van der Waals surface area contributed by atoms with Crippen LogP contribution in [-0.2, 0) is 11.2 Å². The Kier molecular flexibility index (Phi) is 5.63. The molecule has 0 fully saturated rings. The molecule has 0 aliphatic heterocycles. The monoisotopic (exact) mass is 227 g/mol. The fourth-order valence-corrected chi connectivity index (χ4v) is 1.30. The van der Waals surface area contributed by atoms with Gasteiger partial charge in [-0.05, 0) is 18.4 Å². The second-order valence-corrected chi connectivity index (χ2v) is 3.30. The van der Waals surface area contributed by atoms with Gasteiger partial charge in [0.05, 0.1) is 12.6 Å². The lowest BCUT2D eigenvalue weighted by atomic mass is 10.1. The average Bonchev–Trinajstić information content (AvgIpc) is 2.26. The van der Waals surface area contributed by atoms with Crippen LogP contribution >= 0.6 is 11.6 Å². The standard InChI is InChI=1S/C11H14ClNO2/c12-9-13-11(14)15-8-4-7-10-5-2-1-3-6-10/h1-3,5-6H,4,7-9H2,(H,13,14). The van der Waals surface area contributed by atoms with Crippen LogP contribution in [0.15, 0.2) is 30.3 Å². The quantitative estimate of drug-likeness (QED) is 0.477. The van der Waals surface area contributed by atoms with E-state index in [0.29, 0.717) is 6.61 Å². The first-order valence-electron chi connectivity index (χ1n) is 4.83. The first-order chi connectivity index (χ1) is 7.33. The predicted octanol–water partition coefficient (Wildman–Crippen LogP) is 2.54. The molecule has 0 aliphatic carbocycles. The minimum absolute atomic E-state index is 0.0809. The van der Waals surface area contributed by atoms with E-state index in [1.165, 1.54) is 5.56 Å². The molecule has 0 bridgehead atoms. The van der Waals surface area contributed by atoms with Gasteiger partial charge >= 0.3 is 6.09 Å². The van der Waals surface area contributed by atoms with E-state index >= 15 is 0 Å². The van der Waals surface area contributed by atoms with Crippen LogP contribution < -0.4 is 5.32 Å². The summed E-state index contributed by atoms with van der Waals surface area (Å²) in [5, 5.41) is 2.35. The minimum Gasteiger partial charge on any atom is -0.450 e. The third-order valence-corrected chi connectivity index (χ3v) is 2.03. The summed E-state index contributed by atoms with van der Waals surface area (Å²) < 4.78 is 4.87. The van der Waals surface area contributed by atoms with Crippen molar-refractivity contribution >= 4 is 17.7 Å². The predicted molar refractivity (Wildman–Crippen MR) is 60.0 cm³/mol. The number of alkyl halides is 1. The second kappa shape index (κ2) is 7.12. The Morgan fingerprint density at radius 2 is 2.07 bits per heavy atom. The van der Waals surface area contributed by atoms with Crippen LogP contribution in [0, 0.1) is 0 Å². The summed E-state index contributed by atoms with van der Waals surface area (Å²) in [5.41, 5.74) is 1.25. The number of aryl methyl sites for hydroxylation is 1. The number of hydrogen-bond donors (Lipinski definition) is 1. The van der Waals surface area contributed by atoms with Gasteiger partial charge in [0, 0.05) is 0 Å². The number of halogens is 1. The van der Waals surface area contributed by atoms with E-state index in [0.717, 1.165) is 12.8 Å². The molecule has 0 saturated heterocycles. The molecule has 0 aromatic heterocycles. The summed E-state index contributed by atoms with van der Waals surface area (Å²) in [5.74, 6) is 0. The number of alkyl carbamates (subject to hydrolysis) is 1. The van der Waals surface area contributed by atoms with Crippen molar-refractivity contribution in [2.24, 2.45) is 0 Å². The molecule has 0 heterocycles. The van der Waals surface area contributed by atoms with Crippen molar-refractivity contribution in [3.05, 3.63) is 35.9 Å². The number of hydrogen-bond acceptors (Lipinski definition) is 2. The van der Waals surface area contributed by atoms with Crippen molar-refractivity contribution in [2.75, 3.05) is 12.6 Å². The van der Waals surface area contributed by atoms with Crippen LogP contribution in [-0.4, -0.2) is 18.7 Å². The zero-order valence-corrected chi connectivity index (χ0v) is 9.17. The van der Waals surface area contributed by atoms with Gasteiger partial charge in [-0.2, -0.15) is 0 Å². The highest BCUT2D eigenvalue weighted by molar-refractivity contribution is 6.18. The van der Waals surface area contributed by atoms with E-state index in [9.17, 15) is 4.79 Å². The lowest BCUT2D eigenvalue weighted by Gasteiger charge is -2.04. The number of carbonyl (C=O) groups excluding carboxylic acids is 1. The molecule has 4 heteroatoms. The van der Waals surface area contributed by atoms with Crippen LogP contribution in [0.5, 0.6) is 0 Å². The summed E-state index contributed by atoms with van der Waals surface area (Å²) in [4.78, 5) is 10.8. The molecule has 1 amide bonds. The van der Waals surface area contributed by atoms with Crippen molar-refractivity contribution < 1.29 is 9.53 Å². The maximum absolute atomic E-state index is 10.8. The zero-order chi connectivity index (χ0) is 10.9. The topological polar surface area (TPSA) is 38.3 Å². The van der Waals surface area contributed by atoms with Crippen molar-refractivity contribution in [1.29, 1.82) is 0 Å². The van der Waals surface area contributed by atoms with Gasteiger partial charge in [-0.15, -0.1) is 11.6 Å². The minimum atomic E-state index is -0.460. The van der Waals surface area contributed by atoms with Crippen molar-refractivity contribution in [2.45, 2.75) is 12.8 Å². The van der Waals surface area contributed by atoms with E-state index in [1.54, 1.807) is 0 Å². The Morgan fingerprint density at radius 1 is 1.33 bits per heavy atom. The fraction of sp³-hybridized carbons (Fsp3) is 0.364. The van der Waals surface area contributed by atoms with Gasteiger partial charge in [0.25, 0.3) is 0 Å². The maximum Gasteiger partial charge on any atom is 0.408 e. The van der Waals surface area contributed by atoms with Crippen LogP contribution in [0.2, 0.25) is 0 Å². The third kappa shape index (κ3) is 5.27. The summed E-state index contributed by atoms with van der Waals surface area (Å²) in [6.07, 6.45) is 1.27. The van der Waals surface area contributed by atoms with Crippen molar-refractivity contribution in [3.8, 4) is 0 Å². The van der Waals surface area contributed by atoms with Crippen LogP contribution in [0.4, 0.5) is 4.79 Å². The van der Waals surface area contributed by atoms with Crippen molar-refractivity contribution in [1.82, 2.24) is 5.32 Å². The van der Waals surface area contributed by atoms with Gasteiger partial charge in [-0.25, -0.2) is 4.79 Å². The lowest BCUT2D eigenvalue weighted by Crippen LogP contribution is -2.23.